The number of carbonyl (C=O) groups excluding carboxylic acids is 1. The number of fused-ring (bicyclic) bond motifs is 1. The van der Waals surface area contributed by atoms with Gasteiger partial charge in [-0.25, -0.2) is 0 Å². The number of nitrogens with zero attached hydrogens (tertiary/aromatic N) is 1. The number of nitro groups is 1. The van der Waals surface area contributed by atoms with Crippen LogP contribution in [0, 0.1) is 10.1 Å². The molecule has 6 nitrogen and oxygen atoms in total. The van der Waals surface area contributed by atoms with Gasteiger partial charge in [-0.05, 0) is 23.6 Å². The van der Waals surface area contributed by atoms with Crippen molar-refractivity contribution in [3.05, 3.63) is 63.4 Å². The van der Waals surface area contributed by atoms with Crippen molar-refractivity contribution in [2.75, 3.05) is 0 Å². The molecule has 0 spiro atoms. The third-order valence-corrected chi connectivity index (χ3v) is 3.86. The molecule has 1 aliphatic rings. The molecule has 2 aromatic rings. The van der Waals surface area contributed by atoms with E-state index in [4.69, 9.17) is 16.0 Å². The van der Waals surface area contributed by atoms with Crippen LogP contribution in [0.3, 0.4) is 0 Å². The number of furan rings is 1. The van der Waals surface area contributed by atoms with Crippen LogP contribution in [0.1, 0.15) is 27.7 Å². The quantitative estimate of drug-likeness (QED) is 0.537. The summed E-state index contributed by atoms with van der Waals surface area (Å²) in [6.07, 6.45) is 0.668. The largest absolute Gasteiger partial charge is 0.433 e. The van der Waals surface area contributed by atoms with Gasteiger partial charge in [-0.3, -0.25) is 14.9 Å². The van der Waals surface area contributed by atoms with Crippen molar-refractivity contribution in [2.45, 2.75) is 17.8 Å². The zero-order chi connectivity index (χ0) is 15.0. The number of alkyl halides is 1. The van der Waals surface area contributed by atoms with E-state index >= 15 is 0 Å². The van der Waals surface area contributed by atoms with Crippen molar-refractivity contribution < 1.29 is 14.1 Å². The molecule has 1 N–H and O–H groups in total. The van der Waals surface area contributed by atoms with Crippen LogP contribution in [0.4, 0.5) is 5.88 Å². The van der Waals surface area contributed by atoms with Gasteiger partial charge in [0.25, 0.3) is 5.91 Å². The molecule has 7 heteroatoms. The molecule has 21 heavy (non-hydrogen) atoms. The molecular formula is C14H11ClN2O4. The molecule has 0 radical (unpaired) electrons. The first-order valence-electron chi connectivity index (χ1n) is 6.33. The van der Waals surface area contributed by atoms with E-state index in [1.807, 2.05) is 24.3 Å². The molecule has 1 aromatic heterocycles. The van der Waals surface area contributed by atoms with Gasteiger partial charge in [0.1, 0.15) is 4.92 Å². The Balaban J connectivity index is 1.80. The zero-order valence-corrected chi connectivity index (χ0v) is 11.5. The Morgan fingerprint density at radius 1 is 1.33 bits per heavy atom. The summed E-state index contributed by atoms with van der Waals surface area (Å²) in [7, 11) is 0. The molecule has 1 amide bonds. The van der Waals surface area contributed by atoms with Crippen molar-refractivity contribution in [1.82, 2.24) is 5.32 Å². The molecule has 2 atom stereocenters. The van der Waals surface area contributed by atoms with Crippen LogP contribution in [-0.2, 0) is 6.42 Å². The average Bonchev–Trinajstić information content (AvgIpc) is 3.05. The first-order valence-corrected chi connectivity index (χ1v) is 6.77. The van der Waals surface area contributed by atoms with Gasteiger partial charge in [0.2, 0.25) is 0 Å². The van der Waals surface area contributed by atoms with Crippen molar-refractivity contribution in [3.8, 4) is 0 Å². The molecule has 2 unspecified atom stereocenters. The monoisotopic (exact) mass is 306 g/mol. The summed E-state index contributed by atoms with van der Waals surface area (Å²) in [6, 6.07) is 9.77. The lowest BCUT2D eigenvalue weighted by molar-refractivity contribution is -0.402. The SMILES string of the molecule is O=C(NC1c2ccccc2CC1Cl)c1ccc([N+](=O)[O-])o1. The zero-order valence-electron chi connectivity index (χ0n) is 10.8. The number of amides is 1. The fourth-order valence-corrected chi connectivity index (χ4v) is 2.84. The Bertz CT molecular complexity index is 713. The summed E-state index contributed by atoms with van der Waals surface area (Å²) in [5, 5.41) is 13.1. The third-order valence-electron chi connectivity index (χ3n) is 3.45. The maximum Gasteiger partial charge on any atom is 0.433 e. The Morgan fingerprint density at radius 3 is 2.81 bits per heavy atom. The van der Waals surface area contributed by atoms with Crippen LogP contribution >= 0.6 is 11.6 Å². The van der Waals surface area contributed by atoms with Crippen LogP contribution in [0.15, 0.2) is 40.8 Å². The molecule has 0 aliphatic heterocycles. The topological polar surface area (TPSA) is 85.4 Å². The number of hydrogen-bond acceptors (Lipinski definition) is 4. The highest BCUT2D eigenvalue weighted by molar-refractivity contribution is 6.21. The van der Waals surface area contributed by atoms with Crippen LogP contribution in [0.25, 0.3) is 0 Å². The molecule has 0 bridgehead atoms. The van der Waals surface area contributed by atoms with Gasteiger partial charge in [0.15, 0.2) is 5.76 Å². The van der Waals surface area contributed by atoms with E-state index in [1.165, 1.54) is 6.07 Å². The lowest BCUT2D eigenvalue weighted by Gasteiger charge is -2.16. The number of benzene rings is 1. The van der Waals surface area contributed by atoms with Crippen molar-refractivity contribution in [2.24, 2.45) is 0 Å². The standard InChI is InChI=1S/C14H11ClN2O4/c15-10-7-8-3-1-2-4-9(8)13(10)16-14(18)11-5-6-12(21-11)17(19)20/h1-6,10,13H,7H2,(H,16,18). The van der Waals surface area contributed by atoms with Crippen molar-refractivity contribution in [3.63, 3.8) is 0 Å². The van der Waals surface area contributed by atoms with E-state index in [0.29, 0.717) is 6.42 Å². The third kappa shape index (κ3) is 2.50. The lowest BCUT2D eigenvalue weighted by Crippen LogP contribution is -2.31. The van der Waals surface area contributed by atoms with Gasteiger partial charge < -0.3 is 9.73 Å². The van der Waals surface area contributed by atoms with Crippen LogP contribution in [0.5, 0.6) is 0 Å². The van der Waals surface area contributed by atoms with E-state index in [-0.39, 0.29) is 17.2 Å². The molecule has 1 aliphatic carbocycles. The number of rotatable bonds is 3. The maximum atomic E-state index is 12.1. The minimum Gasteiger partial charge on any atom is -0.395 e. The molecule has 0 saturated heterocycles. The summed E-state index contributed by atoms with van der Waals surface area (Å²) in [5.74, 6) is -1.08. The fourth-order valence-electron chi connectivity index (χ4n) is 2.47. The summed E-state index contributed by atoms with van der Waals surface area (Å²) in [5.41, 5.74) is 2.06. The molecule has 1 heterocycles. The van der Waals surface area contributed by atoms with Gasteiger partial charge in [-0.2, -0.15) is 0 Å². The first kappa shape index (κ1) is 13.6. The highest BCUT2D eigenvalue weighted by Gasteiger charge is 2.32. The molecule has 108 valence electrons. The highest BCUT2D eigenvalue weighted by atomic mass is 35.5. The smallest absolute Gasteiger partial charge is 0.395 e. The van der Waals surface area contributed by atoms with E-state index in [9.17, 15) is 14.9 Å². The van der Waals surface area contributed by atoms with Gasteiger partial charge in [0.05, 0.1) is 17.5 Å². The average molecular weight is 307 g/mol. The first-order chi connectivity index (χ1) is 10.1. The Kier molecular flexibility index (Phi) is 3.39. The summed E-state index contributed by atoms with van der Waals surface area (Å²) in [4.78, 5) is 22.0. The summed E-state index contributed by atoms with van der Waals surface area (Å²) >= 11 is 6.28. The second-order valence-corrected chi connectivity index (χ2v) is 5.33. The predicted octanol–water partition coefficient (Wildman–Crippen LogP) is 2.82. The maximum absolute atomic E-state index is 12.1. The van der Waals surface area contributed by atoms with Crippen LogP contribution in [-0.4, -0.2) is 16.2 Å². The second kappa shape index (κ2) is 5.21. The van der Waals surface area contributed by atoms with Crippen LogP contribution < -0.4 is 5.32 Å². The van der Waals surface area contributed by atoms with Crippen molar-refractivity contribution in [1.29, 1.82) is 0 Å². The molecule has 3 rings (SSSR count). The number of halogens is 1. The normalized spacial score (nSPS) is 20.0. The Hall–Kier alpha value is -2.34. The molecule has 0 fully saturated rings. The number of hydrogen-bond donors (Lipinski definition) is 1. The van der Waals surface area contributed by atoms with E-state index in [1.54, 1.807) is 0 Å². The van der Waals surface area contributed by atoms with Gasteiger partial charge >= 0.3 is 5.88 Å². The van der Waals surface area contributed by atoms with Gasteiger partial charge in [0, 0.05) is 0 Å². The van der Waals surface area contributed by atoms with E-state index in [2.05, 4.69) is 5.32 Å². The van der Waals surface area contributed by atoms with Crippen LogP contribution in [0.2, 0.25) is 0 Å². The van der Waals surface area contributed by atoms with E-state index in [0.717, 1.165) is 17.2 Å². The molecule has 1 aromatic carbocycles. The molecule has 0 saturated carbocycles. The fraction of sp³-hybridized carbons (Fsp3) is 0.214. The second-order valence-electron chi connectivity index (χ2n) is 4.77. The molecular weight excluding hydrogens is 296 g/mol. The Morgan fingerprint density at radius 2 is 2.10 bits per heavy atom. The minimum absolute atomic E-state index is 0.102. The lowest BCUT2D eigenvalue weighted by atomic mass is 10.1. The predicted molar refractivity (Wildman–Crippen MR) is 75.4 cm³/mol. The van der Waals surface area contributed by atoms with Crippen molar-refractivity contribution >= 4 is 23.4 Å². The van der Waals surface area contributed by atoms with Gasteiger partial charge in [-0.1, -0.05) is 24.3 Å². The Labute approximate surface area is 124 Å². The van der Waals surface area contributed by atoms with Gasteiger partial charge in [-0.15, -0.1) is 11.6 Å². The highest BCUT2D eigenvalue weighted by Crippen LogP contribution is 2.34. The summed E-state index contributed by atoms with van der Waals surface area (Å²) < 4.78 is 4.89. The summed E-state index contributed by atoms with van der Waals surface area (Å²) in [6.45, 7) is 0. The number of carbonyl (C=O) groups is 1. The van der Waals surface area contributed by atoms with E-state index < -0.39 is 16.7 Å². The minimum atomic E-state index is -0.688. The number of nitrogens with one attached hydrogen (secondary N) is 1.